The van der Waals surface area contributed by atoms with Crippen molar-refractivity contribution >= 4 is 0 Å². The molecular weight excluding hydrogens is 172 g/mol. The van der Waals surface area contributed by atoms with Crippen molar-refractivity contribution in [1.29, 1.82) is 0 Å². The highest BCUT2D eigenvalue weighted by atomic mass is 15.3. The molecule has 2 heteroatoms. The van der Waals surface area contributed by atoms with Crippen molar-refractivity contribution in [2.75, 3.05) is 19.6 Å². The number of hydrogen-bond acceptors (Lipinski definition) is 2. The van der Waals surface area contributed by atoms with Crippen LogP contribution in [0.1, 0.15) is 41.0 Å². The van der Waals surface area contributed by atoms with Gasteiger partial charge in [-0.25, -0.2) is 0 Å². The largest absolute Gasteiger partial charge is 0.300 e. The summed E-state index contributed by atoms with van der Waals surface area (Å²) in [6.45, 7) is 15.3. The molecule has 1 fully saturated rings. The van der Waals surface area contributed by atoms with Gasteiger partial charge in [0.15, 0.2) is 0 Å². The van der Waals surface area contributed by atoms with E-state index in [1.54, 1.807) is 0 Å². The monoisotopic (exact) mass is 198 g/mol. The van der Waals surface area contributed by atoms with E-state index >= 15 is 0 Å². The molecule has 0 saturated carbocycles. The summed E-state index contributed by atoms with van der Waals surface area (Å²) in [4.78, 5) is 5.22. The van der Waals surface area contributed by atoms with Gasteiger partial charge in [0.25, 0.3) is 0 Å². The predicted octanol–water partition coefficient (Wildman–Crippen LogP) is 2.20. The van der Waals surface area contributed by atoms with Crippen molar-refractivity contribution in [1.82, 2.24) is 9.80 Å². The van der Waals surface area contributed by atoms with Crippen LogP contribution in [0.15, 0.2) is 0 Å². The Morgan fingerprint density at radius 2 is 1.57 bits per heavy atom. The van der Waals surface area contributed by atoms with E-state index in [0.717, 1.165) is 6.04 Å². The van der Waals surface area contributed by atoms with Gasteiger partial charge < -0.3 is 0 Å². The summed E-state index contributed by atoms with van der Waals surface area (Å²) in [7, 11) is 0. The van der Waals surface area contributed by atoms with E-state index < -0.39 is 0 Å². The highest BCUT2D eigenvalue weighted by Crippen LogP contribution is 2.15. The molecule has 0 aromatic carbocycles. The van der Waals surface area contributed by atoms with Crippen LogP contribution in [-0.2, 0) is 0 Å². The van der Waals surface area contributed by atoms with E-state index in [2.05, 4.69) is 44.4 Å². The second-order valence-corrected chi connectivity index (χ2v) is 5.10. The van der Waals surface area contributed by atoms with Crippen LogP contribution in [0.5, 0.6) is 0 Å². The average Bonchev–Trinajstić information content (AvgIpc) is 2.26. The molecule has 0 aliphatic carbocycles. The van der Waals surface area contributed by atoms with Crippen LogP contribution in [0.4, 0.5) is 0 Å². The molecule has 1 atom stereocenters. The molecule has 1 rings (SSSR count). The molecule has 0 bridgehead atoms. The van der Waals surface area contributed by atoms with Crippen LogP contribution < -0.4 is 0 Å². The third kappa shape index (κ3) is 2.96. The van der Waals surface area contributed by atoms with Gasteiger partial charge in [-0.1, -0.05) is 0 Å². The van der Waals surface area contributed by atoms with Crippen LogP contribution >= 0.6 is 0 Å². The lowest BCUT2D eigenvalue weighted by Crippen LogP contribution is -2.40. The van der Waals surface area contributed by atoms with Gasteiger partial charge in [-0.15, -0.1) is 0 Å². The minimum atomic E-state index is 0.692. The topological polar surface area (TPSA) is 6.48 Å². The van der Waals surface area contributed by atoms with E-state index in [9.17, 15) is 0 Å². The SMILES string of the molecule is CC(C)N1CC[C@@H](C)N(C(C)C)CC1. The van der Waals surface area contributed by atoms with E-state index in [-0.39, 0.29) is 0 Å². The van der Waals surface area contributed by atoms with E-state index in [4.69, 9.17) is 0 Å². The molecule has 84 valence electrons. The fraction of sp³-hybridized carbons (Fsp3) is 1.00. The Bertz CT molecular complexity index is 166. The van der Waals surface area contributed by atoms with Gasteiger partial charge in [0, 0.05) is 31.2 Å². The molecule has 2 nitrogen and oxygen atoms in total. The second kappa shape index (κ2) is 5.13. The van der Waals surface area contributed by atoms with E-state index in [0.29, 0.717) is 12.1 Å². The van der Waals surface area contributed by atoms with Crippen LogP contribution in [0.2, 0.25) is 0 Å². The molecule has 0 unspecified atom stereocenters. The first-order valence-corrected chi connectivity index (χ1v) is 6.02. The maximum Gasteiger partial charge on any atom is 0.0115 e. The third-order valence-corrected chi connectivity index (χ3v) is 3.44. The lowest BCUT2D eigenvalue weighted by molar-refractivity contribution is 0.166. The van der Waals surface area contributed by atoms with Crippen molar-refractivity contribution in [3.63, 3.8) is 0 Å². The molecule has 0 spiro atoms. The molecule has 1 aliphatic rings. The van der Waals surface area contributed by atoms with Crippen molar-refractivity contribution in [2.45, 2.75) is 59.2 Å². The lowest BCUT2D eigenvalue weighted by atomic mass is 10.1. The van der Waals surface area contributed by atoms with Gasteiger partial charge in [-0.3, -0.25) is 9.80 Å². The lowest BCUT2D eigenvalue weighted by Gasteiger charge is -2.30. The predicted molar refractivity (Wildman–Crippen MR) is 62.6 cm³/mol. The van der Waals surface area contributed by atoms with Crippen LogP contribution in [0, 0.1) is 0 Å². The third-order valence-electron chi connectivity index (χ3n) is 3.44. The van der Waals surface area contributed by atoms with Crippen molar-refractivity contribution < 1.29 is 0 Å². The first kappa shape index (κ1) is 12.0. The Balaban J connectivity index is 2.53. The molecule has 0 radical (unpaired) electrons. The normalized spacial score (nSPS) is 27.2. The van der Waals surface area contributed by atoms with Crippen LogP contribution in [0.25, 0.3) is 0 Å². The Labute approximate surface area is 89.3 Å². The highest BCUT2D eigenvalue weighted by Gasteiger charge is 2.23. The molecule has 0 amide bonds. The summed E-state index contributed by atoms with van der Waals surface area (Å²) < 4.78 is 0. The zero-order valence-electron chi connectivity index (χ0n) is 10.5. The number of hydrogen-bond donors (Lipinski definition) is 0. The van der Waals surface area contributed by atoms with Crippen LogP contribution in [-0.4, -0.2) is 47.6 Å². The molecule has 0 aromatic rings. The molecule has 0 N–H and O–H groups in total. The quantitative estimate of drug-likeness (QED) is 0.671. The number of rotatable bonds is 2. The van der Waals surface area contributed by atoms with Gasteiger partial charge in [0.05, 0.1) is 0 Å². The standard InChI is InChI=1S/C12H26N2/c1-10(2)13-7-6-12(5)14(9-8-13)11(3)4/h10-12H,6-9H2,1-5H3/t12-/m1/s1. The average molecular weight is 198 g/mol. The summed E-state index contributed by atoms with van der Waals surface area (Å²) in [5.41, 5.74) is 0. The van der Waals surface area contributed by atoms with E-state index in [1.165, 1.54) is 26.1 Å². The summed E-state index contributed by atoms with van der Waals surface area (Å²) >= 11 is 0. The molecule has 0 aromatic heterocycles. The highest BCUT2D eigenvalue weighted by molar-refractivity contribution is 4.79. The van der Waals surface area contributed by atoms with Crippen LogP contribution in [0.3, 0.4) is 0 Å². The van der Waals surface area contributed by atoms with Gasteiger partial charge in [0.2, 0.25) is 0 Å². The zero-order valence-corrected chi connectivity index (χ0v) is 10.5. The van der Waals surface area contributed by atoms with Gasteiger partial charge in [-0.05, 0) is 47.6 Å². The minimum Gasteiger partial charge on any atom is -0.300 e. The van der Waals surface area contributed by atoms with Crippen molar-refractivity contribution in [3.8, 4) is 0 Å². The molecule has 14 heavy (non-hydrogen) atoms. The Morgan fingerprint density at radius 3 is 2.07 bits per heavy atom. The second-order valence-electron chi connectivity index (χ2n) is 5.10. The van der Waals surface area contributed by atoms with Crippen molar-refractivity contribution in [2.24, 2.45) is 0 Å². The first-order chi connectivity index (χ1) is 6.52. The fourth-order valence-electron chi connectivity index (χ4n) is 2.38. The minimum absolute atomic E-state index is 0.692. The maximum absolute atomic E-state index is 2.63. The summed E-state index contributed by atoms with van der Waals surface area (Å²) in [5, 5.41) is 0. The van der Waals surface area contributed by atoms with E-state index in [1.807, 2.05) is 0 Å². The summed E-state index contributed by atoms with van der Waals surface area (Å²) in [5.74, 6) is 0. The van der Waals surface area contributed by atoms with Gasteiger partial charge >= 0.3 is 0 Å². The zero-order chi connectivity index (χ0) is 10.7. The number of nitrogens with zero attached hydrogens (tertiary/aromatic N) is 2. The summed E-state index contributed by atoms with van der Waals surface area (Å²) in [6.07, 6.45) is 1.32. The Hall–Kier alpha value is -0.0800. The fourth-order valence-corrected chi connectivity index (χ4v) is 2.38. The molecule has 1 aliphatic heterocycles. The Morgan fingerprint density at radius 1 is 0.929 bits per heavy atom. The Kier molecular flexibility index (Phi) is 4.39. The first-order valence-electron chi connectivity index (χ1n) is 6.02. The molecule has 1 saturated heterocycles. The van der Waals surface area contributed by atoms with Crippen molar-refractivity contribution in [3.05, 3.63) is 0 Å². The van der Waals surface area contributed by atoms with Gasteiger partial charge in [-0.2, -0.15) is 0 Å². The maximum atomic E-state index is 2.63. The smallest absolute Gasteiger partial charge is 0.0115 e. The summed E-state index contributed by atoms with van der Waals surface area (Å²) in [6, 6.07) is 2.14. The molecular formula is C12H26N2. The van der Waals surface area contributed by atoms with Gasteiger partial charge in [0.1, 0.15) is 0 Å². The molecule has 1 heterocycles.